The molecule has 0 atom stereocenters. The number of imidazole rings is 1. The van der Waals surface area contributed by atoms with Gasteiger partial charge in [-0.15, -0.1) is 5.92 Å². The van der Waals surface area contributed by atoms with Crippen molar-refractivity contribution in [3.05, 3.63) is 45.5 Å². The van der Waals surface area contributed by atoms with E-state index >= 15 is 0 Å². The van der Waals surface area contributed by atoms with E-state index in [2.05, 4.69) is 32.0 Å². The zero-order valence-electron chi connectivity index (χ0n) is 15.8. The molecule has 1 fully saturated rings. The maximum Gasteiger partial charge on any atom is 0.335 e. The quantitative estimate of drug-likeness (QED) is 0.630. The molecule has 0 aliphatic carbocycles. The Morgan fingerprint density at radius 2 is 1.96 bits per heavy atom. The molecule has 0 bridgehead atoms. The van der Waals surface area contributed by atoms with Crippen molar-refractivity contribution in [2.45, 2.75) is 13.5 Å². The topological polar surface area (TPSA) is 90.0 Å². The molecular weight excluding hydrogens is 358 g/mol. The van der Waals surface area contributed by atoms with E-state index in [-0.39, 0.29) is 17.8 Å². The number of pyridine rings is 1. The standard InChI is InChI=1S/C19H21N7O2/c1-3-4-9-25-16-17(24-10-7-20-8-11-24)21-13-22-18(16)26(19(25)28)14-5-6-15(27)23(2)12-14/h5-6,12-13,20H,7-11H2,1-2H3. The zero-order valence-corrected chi connectivity index (χ0v) is 15.8. The molecule has 0 unspecified atom stereocenters. The first-order chi connectivity index (χ1) is 13.6. The van der Waals surface area contributed by atoms with E-state index in [0.29, 0.717) is 16.9 Å². The summed E-state index contributed by atoms with van der Waals surface area (Å²) in [5.41, 5.74) is 1.34. The number of rotatable bonds is 3. The maximum absolute atomic E-state index is 13.3. The minimum Gasteiger partial charge on any atom is -0.352 e. The number of anilines is 1. The van der Waals surface area contributed by atoms with Gasteiger partial charge in [-0.1, -0.05) is 5.92 Å². The second-order valence-electron chi connectivity index (χ2n) is 6.57. The summed E-state index contributed by atoms with van der Waals surface area (Å²) in [7, 11) is 1.65. The Morgan fingerprint density at radius 3 is 2.68 bits per heavy atom. The van der Waals surface area contributed by atoms with E-state index in [4.69, 9.17) is 0 Å². The van der Waals surface area contributed by atoms with Crippen LogP contribution in [0.3, 0.4) is 0 Å². The van der Waals surface area contributed by atoms with Crippen molar-refractivity contribution in [1.29, 1.82) is 0 Å². The van der Waals surface area contributed by atoms with Crippen molar-refractivity contribution in [1.82, 2.24) is 29.0 Å². The van der Waals surface area contributed by atoms with Crippen LogP contribution in [0.15, 0.2) is 34.2 Å². The van der Waals surface area contributed by atoms with Gasteiger partial charge >= 0.3 is 5.69 Å². The molecule has 0 spiro atoms. The molecule has 3 aromatic heterocycles. The molecule has 0 aromatic carbocycles. The molecule has 9 nitrogen and oxygen atoms in total. The summed E-state index contributed by atoms with van der Waals surface area (Å²) in [5, 5.41) is 3.32. The van der Waals surface area contributed by atoms with Gasteiger partial charge in [0.15, 0.2) is 11.5 Å². The lowest BCUT2D eigenvalue weighted by molar-refractivity contribution is 0.585. The fourth-order valence-electron chi connectivity index (χ4n) is 3.43. The van der Waals surface area contributed by atoms with Gasteiger partial charge in [-0.3, -0.25) is 9.36 Å². The summed E-state index contributed by atoms with van der Waals surface area (Å²) < 4.78 is 4.56. The van der Waals surface area contributed by atoms with E-state index in [1.807, 2.05) is 0 Å². The van der Waals surface area contributed by atoms with Crippen LogP contribution in [0.4, 0.5) is 5.82 Å². The smallest absolute Gasteiger partial charge is 0.335 e. The molecule has 0 radical (unpaired) electrons. The predicted octanol–water partition coefficient (Wildman–Crippen LogP) is -0.286. The van der Waals surface area contributed by atoms with Crippen molar-refractivity contribution in [2.75, 3.05) is 31.1 Å². The number of hydrogen-bond donors (Lipinski definition) is 1. The Kier molecular flexibility index (Phi) is 4.71. The highest BCUT2D eigenvalue weighted by atomic mass is 16.2. The molecule has 0 amide bonds. The number of aryl methyl sites for hydroxylation is 1. The highest BCUT2D eigenvalue weighted by Crippen LogP contribution is 2.24. The van der Waals surface area contributed by atoms with Gasteiger partial charge in [-0.25, -0.2) is 19.3 Å². The summed E-state index contributed by atoms with van der Waals surface area (Å²) in [6.45, 7) is 5.29. The van der Waals surface area contributed by atoms with Crippen LogP contribution in [0.1, 0.15) is 6.92 Å². The Morgan fingerprint density at radius 1 is 1.18 bits per heavy atom. The van der Waals surface area contributed by atoms with Gasteiger partial charge in [0.1, 0.15) is 11.8 Å². The minimum atomic E-state index is -0.256. The Hall–Kier alpha value is -3.38. The fourth-order valence-corrected chi connectivity index (χ4v) is 3.43. The van der Waals surface area contributed by atoms with E-state index in [1.54, 1.807) is 30.8 Å². The molecular formula is C19H21N7O2. The molecule has 1 N–H and O–H groups in total. The van der Waals surface area contributed by atoms with Gasteiger partial charge in [-0.2, -0.15) is 0 Å². The normalized spacial score (nSPS) is 14.1. The number of nitrogens with one attached hydrogen (secondary N) is 1. The molecule has 4 rings (SSSR count). The summed E-state index contributed by atoms with van der Waals surface area (Å²) in [6, 6.07) is 3.07. The van der Waals surface area contributed by atoms with E-state index in [9.17, 15) is 9.59 Å². The molecule has 9 heteroatoms. The van der Waals surface area contributed by atoms with Gasteiger partial charge in [-0.05, 0) is 13.0 Å². The van der Waals surface area contributed by atoms with Crippen molar-refractivity contribution in [2.24, 2.45) is 7.05 Å². The molecule has 1 aliphatic heterocycles. The third kappa shape index (κ3) is 2.97. The van der Waals surface area contributed by atoms with Gasteiger partial charge in [0.25, 0.3) is 0 Å². The van der Waals surface area contributed by atoms with Crippen LogP contribution in [0.25, 0.3) is 16.9 Å². The molecule has 28 heavy (non-hydrogen) atoms. The zero-order chi connectivity index (χ0) is 19.7. The maximum atomic E-state index is 13.3. The summed E-state index contributed by atoms with van der Waals surface area (Å²) in [4.78, 5) is 36.1. The first-order valence-electron chi connectivity index (χ1n) is 9.10. The lowest BCUT2D eigenvalue weighted by atomic mass is 10.3. The van der Waals surface area contributed by atoms with E-state index < -0.39 is 0 Å². The second kappa shape index (κ2) is 7.32. The molecule has 1 saturated heterocycles. The Bertz CT molecular complexity index is 1200. The third-order valence-electron chi connectivity index (χ3n) is 4.85. The van der Waals surface area contributed by atoms with Crippen LogP contribution < -0.4 is 21.5 Å². The van der Waals surface area contributed by atoms with E-state index in [0.717, 1.165) is 32.0 Å². The number of piperazine rings is 1. The summed E-state index contributed by atoms with van der Waals surface area (Å²) in [5.74, 6) is 6.54. The van der Waals surface area contributed by atoms with Crippen molar-refractivity contribution in [3.63, 3.8) is 0 Å². The van der Waals surface area contributed by atoms with Crippen molar-refractivity contribution in [3.8, 4) is 17.5 Å². The monoisotopic (exact) mass is 379 g/mol. The highest BCUT2D eigenvalue weighted by Gasteiger charge is 2.23. The second-order valence-corrected chi connectivity index (χ2v) is 6.57. The van der Waals surface area contributed by atoms with Crippen molar-refractivity contribution >= 4 is 17.0 Å². The van der Waals surface area contributed by atoms with Crippen LogP contribution in [0, 0.1) is 11.8 Å². The SMILES string of the molecule is CC#CCn1c(=O)n(-c2ccc(=O)n(C)c2)c2ncnc(N3CCNCC3)c21. The number of hydrogen-bond acceptors (Lipinski definition) is 6. The highest BCUT2D eigenvalue weighted by molar-refractivity contribution is 5.85. The number of nitrogens with zero attached hydrogens (tertiary/aromatic N) is 6. The number of fused-ring (bicyclic) bond motifs is 1. The van der Waals surface area contributed by atoms with E-state index in [1.165, 1.54) is 21.5 Å². The molecule has 3 aromatic rings. The third-order valence-corrected chi connectivity index (χ3v) is 4.85. The van der Waals surface area contributed by atoms with Crippen LogP contribution >= 0.6 is 0 Å². The first kappa shape index (κ1) is 18.0. The predicted molar refractivity (Wildman–Crippen MR) is 107 cm³/mol. The fraction of sp³-hybridized carbons (Fsp3) is 0.368. The van der Waals surface area contributed by atoms with Crippen LogP contribution in [0.5, 0.6) is 0 Å². The molecule has 1 aliphatic rings. The van der Waals surface area contributed by atoms with Gasteiger partial charge in [0, 0.05) is 45.5 Å². The molecule has 4 heterocycles. The van der Waals surface area contributed by atoms with Crippen molar-refractivity contribution < 1.29 is 0 Å². The Labute approximate surface area is 161 Å². The first-order valence-corrected chi connectivity index (χ1v) is 9.10. The van der Waals surface area contributed by atoms with Crippen LogP contribution in [-0.4, -0.2) is 49.8 Å². The molecule has 0 saturated carbocycles. The minimum absolute atomic E-state index is 0.145. The lowest BCUT2D eigenvalue weighted by Gasteiger charge is -2.28. The average molecular weight is 379 g/mol. The van der Waals surface area contributed by atoms with Gasteiger partial charge in [0.05, 0.1) is 12.2 Å². The van der Waals surface area contributed by atoms with Gasteiger partial charge < -0.3 is 14.8 Å². The lowest BCUT2D eigenvalue weighted by Crippen LogP contribution is -2.44. The largest absolute Gasteiger partial charge is 0.352 e. The molecule has 144 valence electrons. The summed E-state index contributed by atoms with van der Waals surface area (Å²) in [6.07, 6.45) is 3.11. The summed E-state index contributed by atoms with van der Waals surface area (Å²) >= 11 is 0. The van der Waals surface area contributed by atoms with Crippen LogP contribution in [-0.2, 0) is 13.6 Å². The Balaban J connectivity index is 2.01. The average Bonchev–Trinajstić information content (AvgIpc) is 3.00. The van der Waals surface area contributed by atoms with Crippen LogP contribution in [0.2, 0.25) is 0 Å². The number of aromatic nitrogens is 5. The van der Waals surface area contributed by atoms with Gasteiger partial charge in [0.2, 0.25) is 5.56 Å².